The van der Waals surface area contributed by atoms with E-state index in [1.54, 1.807) is 6.20 Å². The van der Waals surface area contributed by atoms with Gasteiger partial charge in [0.05, 0.1) is 16.8 Å². The Bertz CT molecular complexity index is 1010. The van der Waals surface area contributed by atoms with E-state index >= 15 is 0 Å². The van der Waals surface area contributed by atoms with Gasteiger partial charge < -0.3 is 14.4 Å². The summed E-state index contributed by atoms with van der Waals surface area (Å²) in [6.07, 6.45) is 3.63. The molecule has 146 valence electrons. The number of aromatic nitrogens is 3. The summed E-state index contributed by atoms with van der Waals surface area (Å²) in [4.78, 5) is 30.4. The topological polar surface area (TPSA) is 63.4 Å². The van der Waals surface area contributed by atoms with Crippen LogP contribution in [0.4, 0.5) is 0 Å². The fourth-order valence-electron chi connectivity index (χ4n) is 3.51. The van der Waals surface area contributed by atoms with Crippen LogP contribution in [-0.2, 0) is 0 Å². The highest BCUT2D eigenvalue weighted by Crippen LogP contribution is 2.25. The molecule has 28 heavy (non-hydrogen) atoms. The van der Waals surface area contributed by atoms with Gasteiger partial charge in [0.1, 0.15) is 5.69 Å². The molecule has 0 aliphatic carbocycles. The number of pyridine rings is 1. The van der Waals surface area contributed by atoms with E-state index in [4.69, 9.17) is 0 Å². The Morgan fingerprint density at radius 1 is 1.04 bits per heavy atom. The molecule has 0 radical (unpaired) electrons. The van der Waals surface area contributed by atoms with Crippen LogP contribution in [-0.4, -0.2) is 63.3 Å². The van der Waals surface area contributed by atoms with E-state index < -0.39 is 0 Å². The Kier molecular flexibility index (Phi) is 4.77. The molecule has 0 bridgehead atoms. The first-order chi connectivity index (χ1) is 13.5. The van der Waals surface area contributed by atoms with E-state index in [9.17, 15) is 9.59 Å². The van der Waals surface area contributed by atoms with Crippen molar-refractivity contribution in [1.29, 1.82) is 0 Å². The first-order valence-corrected chi connectivity index (χ1v) is 9.63. The van der Waals surface area contributed by atoms with E-state index in [2.05, 4.69) is 17.0 Å². The Hall–Kier alpha value is -2.93. The first kappa shape index (κ1) is 18.4. The highest BCUT2D eigenvalue weighted by atomic mass is 16.2. The van der Waals surface area contributed by atoms with Crippen molar-refractivity contribution in [3.8, 4) is 16.9 Å². The lowest BCUT2D eigenvalue weighted by Gasteiger charge is -2.32. The molecule has 3 aliphatic rings. The summed E-state index contributed by atoms with van der Waals surface area (Å²) in [5.74, 6) is -0.0641. The number of likely N-dealkylation sites (N-methyl/N-ethyl adjacent to an activating group) is 1. The summed E-state index contributed by atoms with van der Waals surface area (Å²) in [7, 11) is 2.06. The van der Waals surface area contributed by atoms with Crippen LogP contribution in [0.15, 0.2) is 47.5 Å². The van der Waals surface area contributed by atoms with Crippen molar-refractivity contribution in [3.05, 3.63) is 58.6 Å². The predicted octanol–water partition coefficient (Wildman–Crippen LogP) is 2.11. The van der Waals surface area contributed by atoms with Gasteiger partial charge in [-0.05, 0) is 33.0 Å². The zero-order chi connectivity index (χ0) is 19.8. The third-order valence-electron chi connectivity index (χ3n) is 5.31. The van der Waals surface area contributed by atoms with E-state index in [1.165, 1.54) is 4.68 Å². The maximum Gasteiger partial charge on any atom is 0.282 e. The minimum Gasteiger partial charge on any atom is -0.350 e. The number of carbonyl (C=O) groups is 1. The minimum atomic E-state index is -0.205. The molecule has 1 aromatic rings. The zero-order valence-electron chi connectivity index (χ0n) is 16.5. The maximum atomic E-state index is 13.3. The molecule has 0 atom stereocenters. The molecule has 4 rings (SSSR count). The quantitative estimate of drug-likeness (QED) is 0.699. The van der Waals surface area contributed by atoms with Crippen molar-refractivity contribution >= 4 is 5.91 Å². The number of para-hydroxylation sites is 1. The highest BCUT2D eigenvalue weighted by Gasteiger charge is 2.28. The molecule has 0 saturated carbocycles. The Morgan fingerprint density at radius 2 is 1.71 bits per heavy atom. The van der Waals surface area contributed by atoms with Gasteiger partial charge in [0.25, 0.3) is 11.5 Å². The van der Waals surface area contributed by atoms with Gasteiger partial charge in [-0.1, -0.05) is 18.2 Å². The van der Waals surface area contributed by atoms with Gasteiger partial charge in [0, 0.05) is 44.6 Å². The summed E-state index contributed by atoms with van der Waals surface area (Å²) < 4.78 is 3.31. The number of piperazine rings is 1. The van der Waals surface area contributed by atoms with Crippen molar-refractivity contribution in [2.24, 2.45) is 0 Å². The number of carbonyl (C=O) groups excluding carboxylic acids is 1. The fraction of sp³-hybridized carbons (Fsp3) is 0.381. The number of benzene rings is 1. The Balaban J connectivity index is 1.85. The Labute approximate surface area is 164 Å². The summed E-state index contributed by atoms with van der Waals surface area (Å²) in [5.41, 5.74) is 1.91. The second-order valence-corrected chi connectivity index (χ2v) is 7.62. The van der Waals surface area contributed by atoms with Crippen LogP contribution in [0.25, 0.3) is 16.9 Å². The summed E-state index contributed by atoms with van der Waals surface area (Å²) >= 11 is 0. The van der Waals surface area contributed by atoms with Crippen LogP contribution >= 0.6 is 0 Å². The second kappa shape index (κ2) is 7.24. The van der Waals surface area contributed by atoms with Gasteiger partial charge >= 0.3 is 0 Å². The molecule has 7 heteroatoms. The largest absolute Gasteiger partial charge is 0.350 e. The first-order valence-electron chi connectivity index (χ1n) is 9.63. The third kappa shape index (κ3) is 3.22. The van der Waals surface area contributed by atoms with E-state index in [1.807, 2.05) is 59.8 Å². The molecule has 0 N–H and O–H groups in total. The van der Waals surface area contributed by atoms with Gasteiger partial charge in [-0.2, -0.15) is 9.78 Å². The second-order valence-electron chi connectivity index (χ2n) is 7.62. The molecule has 3 heterocycles. The average Bonchev–Trinajstić information content (AvgIpc) is 3.04. The van der Waals surface area contributed by atoms with E-state index in [-0.39, 0.29) is 17.5 Å². The standard InChI is InChI=1S/C21H25N5O2/c1-15(2)25-13-17(20(27)24-11-9-23(3)10-12-24)19-18(14-25)21(28)26(22-19)16-7-5-4-6-8-16/h4-8,13-15H,9-12H2,1-3H3. The highest BCUT2D eigenvalue weighted by molar-refractivity contribution is 6.00. The van der Waals surface area contributed by atoms with Crippen molar-refractivity contribution in [2.75, 3.05) is 33.2 Å². The number of fused-ring (bicyclic) bond motifs is 1. The summed E-state index contributed by atoms with van der Waals surface area (Å²) in [6, 6.07) is 9.43. The molecule has 1 fully saturated rings. The maximum absolute atomic E-state index is 13.3. The number of rotatable bonds is 3. The molecular formula is C21H25N5O2. The van der Waals surface area contributed by atoms with Crippen LogP contribution in [0.1, 0.15) is 30.2 Å². The van der Waals surface area contributed by atoms with Crippen LogP contribution in [0.3, 0.4) is 0 Å². The van der Waals surface area contributed by atoms with Crippen molar-refractivity contribution in [1.82, 2.24) is 24.1 Å². The van der Waals surface area contributed by atoms with E-state index in [0.717, 1.165) is 13.1 Å². The van der Waals surface area contributed by atoms with Gasteiger partial charge in [0.15, 0.2) is 0 Å². The molecule has 1 saturated heterocycles. The van der Waals surface area contributed by atoms with Crippen molar-refractivity contribution in [2.45, 2.75) is 19.9 Å². The number of hydrogen-bond acceptors (Lipinski definition) is 4. The lowest BCUT2D eigenvalue weighted by atomic mass is 10.1. The fourth-order valence-corrected chi connectivity index (χ4v) is 3.51. The number of amides is 1. The third-order valence-corrected chi connectivity index (χ3v) is 5.31. The minimum absolute atomic E-state index is 0.0641. The average molecular weight is 379 g/mol. The molecule has 7 nitrogen and oxygen atoms in total. The zero-order valence-corrected chi connectivity index (χ0v) is 16.5. The molecule has 0 spiro atoms. The monoisotopic (exact) mass is 379 g/mol. The lowest BCUT2D eigenvalue weighted by Crippen LogP contribution is -2.47. The van der Waals surface area contributed by atoms with Gasteiger partial charge in [0.2, 0.25) is 0 Å². The van der Waals surface area contributed by atoms with Crippen LogP contribution in [0.2, 0.25) is 0 Å². The SMILES string of the molecule is CC(C)n1cc(C(=O)N2CCN(C)CC2)c2nn(-c3ccccc3)c(=O)c-2c1. The molecule has 1 amide bonds. The molecular weight excluding hydrogens is 354 g/mol. The van der Waals surface area contributed by atoms with Crippen molar-refractivity contribution in [3.63, 3.8) is 0 Å². The molecule has 0 aromatic heterocycles. The molecule has 1 aromatic carbocycles. The van der Waals surface area contributed by atoms with E-state index in [0.29, 0.717) is 35.6 Å². The van der Waals surface area contributed by atoms with Gasteiger partial charge in [-0.3, -0.25) is 9.59 Å². The van der Waals surface area contributed by atoms with Gasteiger partial charge in [-0.25, -0.2) is 0 Å². The van der Waals surface area contributed by atoms with Crippen LogP contribution < -0.4 is 5.56 Å². The smallest absolute Gasteiger partial charge is 0.282 e. The van der Waals surface area contributed by atoms with Crippen LogP contribution in [0, 0.1) is 0 Å². The number of hydrogen-bond donors (Lipinski definition) is 0. The molecule has 0 unspecified atom stereocenters. The summed E-state index contributed by atoms with van der Waals surface area (Å²) in [5, 5.41) is 4.55. The summed E-state index contributed by atoms with van der Waals surface area (Å²) in [6.45, 7) is 7.10. The number of nitrogens with zero attached hydrogens (tertiary/aromatic N) is 5. The normalized spacial score (nSPS) is 15.5. The van der Waals surface area contributed by atoms with Gasteiger partial charge in [-0.15, -0.1) is 0 Å². The predicted molar refractivity (Wildman–Crippen MR) is 108 cm³/mol. The molecule has 3 aliphatic heterocycles. The van der Waals surface area contributed by atoms with Crippen molar-refractivity contribution < 1.29 is 4.79 Å². The van der Waals surface area contributed by atoms with Crippen LogP contribution in [0.5, 0.6) is 0 Å². The Morgan fingerprint density at radius 3 is 2.36 bits per heavy atom. The lowest BCUT2D eigenvalue weighted by molar-refractivity contribution is 0.0663.